The van der Waals surface area contributed by atoms with Crippen LogP contribution in [0.3, 0.4) is 0 Å². The highest BCUT2D eigenvalue weighted by Gasteiger charge is 2.10. The fourth-order valence-electron chi connectivity index (χ4n) is 1.57. The van der Waals surface area contributed by atoms with E-state index in [4.69, 9.17) is 16.0 Å². The Morgan fingerprint density at radius 1 is 1.00 bits per heavy atom. The smallest absolute Gasteiger partial charge is 0.348 e. The van der Waals surface area contributed by atoms with Crippen LogP contribution >= 0.6 is 0 Å². The molecule has 21 heavy (non-hydrogen) atoms. The number of benzene rings is 2. The molecule has 2 aromatic rings. The van der Waals surface area contributed by atoms with Crippen molar-refractivity contribution in [1.82, 2.24) is 10.9 Å². The van der Waals surface area contributed by atoms with E-state index < -0.39 is 6.03 Å². The van der Waals surface area contributed by atoms with E-state index in [0.717, 1.165) is 11.4 Å². The zero-order valence-electron chi connectivity index (χ0n) is 11.0. The quantitative estimate of drug-likeness (QED) is 0.298. The largest absolute Gasteiger partial charge is 0.379 e. The average molecular weight is 289 g/mol. The van der Waals surface area contributed by atoms with E-state index >= 15 is 0 Å². The summed E-state index contributed by atoms with van der Waals surface area (Å²) in [6, 6.07) is 18.5. The molecular formula is C13H15N5O3. The van der Waals surface area contributed by atoms with Crippen molar-refractivity contribution < 1.29 is 10.0 Å². The summed E-state index contributed by atoms with van der Waals surface area (Å²) in [5, 5.41) is 9.54. The SMILES string of the molecule is NNC(=O)NN(c1ccccc1)c1ccccc1.O=NO. The van der Waals surface area contributed by atoms with Crippen molar-refractivity contribution in [2.75, 3.05) is 5.01 Å². The van der Waals surface area contributed by atoms with E-state index in [-0.39, 0.29) is 0 Å². The number of hydrazine groups is 2. The zero-order chi connectivity index (χ0) is 15.5. The number of urea groups is 1. The van der Waals surface area contributed by atoms with E-state index in [9.17, 15) is 4.79 Å². The number of carbonyl (C=O) groups excluding carboxylic acids is 1. The summed E-state index contributed by atoms with van der Waals surface area (Å²) in [5.41, 5.74) is 6.38. The maximum absolute atomic E-state index is 11.4. The monoisotopic (exact) mass is 289 g/mol. The van der Waals surface area contributed by atoms with Gasteiger partial charge in [-0.05, 0) is 24.3 Å². The van der Waals surface area contributed by atoms with Gasteiger partial charge in [-0.3, -0.25) is 10.4 Å². The molecule has 0 aliphatic heterocycles. The number of para-hydroxylation sites is 2. The molecule has 2 rings (SSSR count). The van der Waals surface area contributed by atoms with Crippen LogP contribution in [0.15, 0.2) is 66.0 Å². The van der Waals surface area contributed by atoms with Crippen LogP contribution in [0.4, 0.5) is 16.2 Å². The Bertz CT molecular complexity index is 511. The highest BCUT2D eigenvalue weighted by molar-refractivity contribution is 5.78. The number of nitrogens with zero attached hydrogens (tertiary/aromatic N) is 2. The molecule has 0 spiro atoms. The first-order chi connectivity index (χ1) is 10.2. The van der Waals surface area contributed by atoms with Crippen molar-refractivity contribution in [3.05, 3.63) is 65.6 Å². The molecule has 0 unspecified atom stereocenters. The predicted molar refractivity (Wildman–Crippen MR) is 78.5 cm³/mol. The van der Waals surface area contributed by atoms with Gasteiger partial charge in [-0.2, -0.15) is 0 Å². The molecule has 0 aromatic heterocycles. The number of hydrogen-bond acceptors (Lipinski definition) is 5. The minimum Gasteiger partial charge on any atom is -0.379 e. The van der Waals surface area contributed by atoms with Gasteiger partial charge in [0.2, 0.25) is 0 Å². The molecule has 0 heterocycles. The number of carbonyl (C=O) groups is 1. The third-order valence-corrected chi connectivity index (χ3v) is 2.37. The lowest BCUT2D eigenvalue weighted by molar-refractivity contribution is 0.241. The molecule has 0 saturated heterocycles. The van der Waals surface area contributed by atoms with E-state index in [2.05, 4.69) is 5.43 Å². The number of nitrogens with one attached hydrogen (secondary N) is 2. The Balaban J connectivity index is 0.000000677. The van der Waals surface area contributed by atoms with Gasteiger partial charge >= 0.3 is 6.03 Å². The molecule has 0 fully saturated rings. The van der Waals surface area contributed by atoms with E-state index in [1.165, 1.54) is 5.34 Å². The maximum atomic E-state index is 11.4. The third kappa shape index (κ3) is 5.17. The molecule has 0 aliphatic rings. The minimum absolute atomic E-state index is 0.484. The lowest BCUT2D eigenvalue weighted by Gasteiger charge is -2.24. The molecule has 2 aromatic carbocycles. The van der Waals surface area contributed by atoms with Crippen LogP contribution in [-0.2, 0) is 0 Å². The first-order valence-electron chi connectivity index (χ1n) is 5.87. The summed E-state index contributed by atoms with van der Waals surface area (Å²) >= 11 is 0. The summed E-state index contributed by atoms with van der Waals surface area (Å²) in [4.78, 5) is 19.5. The summed E-state index contributed by atoms with van der Waals surface area (Å²) in [6.45, 7) is 0. The summed E-state index contributed by atoms with van der Waals surface area (Å²) in [7, 11) is 0. The average Bonchev–Trinajstić information content (AvgIpc) is 2.54. The van der Waals surface area contributed by atoms with Gasteiger partial charge in [-0.15, -0.1) is 4.91 Å². The van der Waals surface area contributed by atoms with E-state index in [1.54, 1.807) is 5.01 Å². The first-order valence-corrected chi connectivity index (χ1v) is 5.87. The highest BCUT2D eigenvalue weighted by Crippen LogP contribution is 2.22. The molecule has 5 N–H and O–H groups in total. The van der Waals surface area contributed by atoms with Crippen LogP contribution in [0.5, 0.6) is 0 Å². The number of nitrogens with two attached hydrogens (primary N) is 1. The summed E-state index contributed by atoms with van der Waals surface area (Å²) in [6.07, 6.45) is 0. The Morgan fingerprint density at radius 3 is 1.71 bits per heavy atom. The van der Waals surface area contributed by atoms with E-state index in [1.807, 2.05) is 66.1 Å². The van der Waals surface area contributed by atoms with Gasteiger partial charge in [0, 0.05) is 0 Å². The number of anilines is 2. The van der Waals surface area contributed by atoms with Crippen LogP contribution in [0, 0.1) is 4.91 Å². The molecule has 0 atom stereocenters. The van der Waals surface area contributed by atoms with Crippen LogP contribution in [-0.4, -0.2) is 11.2 Å². The van der Waals surface area contributed by atoms with Gasteiger partial charge in [0.15, 0.2) is 5.34 Å². The molecule has 8 nitrogen and oxygen atoms in total. The Kier molecular flexibility index (Phi) is 6.74. The lowest BCUT2D eigenvalue weighted by atomic mass is 10.2. The first kappa shape index (κ1) is 15.9. The maximum Gasteiger partial charge on any atom is 0.348 e. The molecule has 2 amide bonds. The van der Waals surface area contributed by atoms with Crippen LogP contribution < -0.4 is 21.7 Å². The van der Waals surface area contributed by atoms with Crippen molar-refractivity contribution in [2.45, 2.75) is 0 Å². The number of amides is 2. The fraction of sp³-hybridized carbons (Fsp3) is 0. The molecule has 0 radical (unpaired) electrons. The Morgan fingerprint density at radius 2 is 1.38 bits per heavy atom. The van der Waals surface area contributed by atoms with Crippen molar-refractivity contribution >= 4 is 17.4 Å². The number of rotatable bonds is 3. The lowest BCUT2D eigenvalue weighted by Crippen LogP contribution is -2.47. The summed E-state index contributed by atoms with van der Waals surface area (Å²) < 4.78 is 0. The van der Waals surface area contributed by atoms with Gasteiger partial charge < -0.3 is 5.21 Å². The molecule has 0 bridgehead atoms. The molecule has 0 aliphatic carbocycles. The second kappa shape index (κ2) is 8.88. The zero-order valence-corrected chi connectivity index (χ0v) is 11.0. The topological polar surface area (TPSA) is 120 Å². The van der Waals surface area contributed by atoms with E-state index in [0.29, 0.717) is 0 Å². The van der Waals surface area contributed by atoms with Crippen LogP contribution in [0.25, 0.3) is 0 Å². The predicted octanol–water partition coefficient (Wildman–Crippen LogP) is 2.05. The van der Waals surface area contributed by atoms with Crippen molar-refractivity contribution in [2.24, 2.45) is 11.2 Å². The third-order valence-electron chi connectivity index (χ3n) is 2.37. The van der Waals surface area contributed by atoms with Crippen molar-refractivity contribution in [3.63, 3.8) is 0 Å². The van der Waals surface area contributed by atoms with Gasteiger partial charge in [-0.1, -0.05) is 36.4 Å². The molecule has 110 valence electrons. The molecule has 8 heteroatoms. The standard InChI is InChI=1S/C13H14N4O.HNO2/c14-15-13(18)16-17(11-7-3-1-4-8-11)12-9-5-2-6-10-12;2-1-3/h1-10H,14H2,(H2,15,16,18);(H,2,3). The fourth-order valence-corrected chi connectivity index (χ4v) is 1.57. The normalized spacial score (nSPS) is 8.81. The van der Waals surface area contributed by atoms with Gasteiger partial charge in [0.1, 0.15) is 0 Å². The minimum atomic E-state index is -0.484. The van der Waals surface area contributed by atoms with Crippen molar-refractivity contribution in [3.8, 4) is 0 Å². The van der Waals surface area contributed by atoms with Gasteiger partial charge in [0.25, 0.3) is 0 Å². The van der Waals surface area contributed by atoms with Crippen molar-refractivity contribution in [1.29, 1.82) is 0 Å². The Hall–Kier alpha value is -3.13. The highest BCUT2D eigenvalue weighted by atomic mass is 16.6. The summed E-state index contributed by atoms with van der Waals surface area (Å²) in [5.74, 6) is 5.09. The molecule has 0 saturated carbocycles. The second-order valence-electron chi connectivity index (χ2n) is 3.67. The molecular weight excluding hydrogens is 274 g/mol. The van der Waals surface area contributed by atoms with Crippen LogP contribution in [0.2, 0.25) is 0 Å². The number of hydrogen-bond donors (Lipinski definition) is 4. The van der Waals surface area contributed by atoms with Gasteiger partial charge in [0.05, 0.1) is 11.4 Å². The second-order valence-corrected chi connectivity index (χ2v) is 3.67. The Labute approximate surface area is 121 Å². The van der Waals surface area contributed by atoms with Crippen LogP contribution in [0.1, 0.15) is 0 Å². The van der Waals surface area contributed by atoms with Gasteiger partial charge in [-0.25, -0.2) is 16.1 Å².